The Morgan fingerprint density at radius 2 is 2.13 bits per heavy atom. The Labute approximate surface area is 142 Å². The third kappa shape index (κ3) is 3.48. The minimum Gasteiger partial charge on any atom is -0.330 e. The van der Waals surface area contributed by atoms with Gasteiger partial charge in [0.1, 0.15) is 0 Å². The first-order chi connectivity index (χ1) is 11.2. The van der Waals surface area contributed by atoms with E-state index in [1.54, 1.807) is 11.3 Å². The fourth-order valence-electron chi connectivity index (χ4n) is 3.09. The zero-order valence-electron chi connectivity index (χ0n) is 13.8. The van der Waals surface area contributed by atoms with Gasteiger partial charge in [-0.05, 0) is 42.3 Å². The zero-order chi connectivity index (χ0) is 16.2. The fourth-order valence-corrected chi connectivity index (χ4v) is 3.99. The maximum atomic E-state index is 12.8. The molecule has 2 aromatic rings. The minimum atomic E-state index is 0.0532. The monoisotopic (exact) mass is 328 g/mol. The molecule has 2 heterocycles. The van der Waals surface area contributed by atoms with Gasteiger partial charge in [-0.15, -0.1) is 11.3 Å². The van der Waals surface area contributed by atoms with Crippen LogP contribution in [0.4, 0.5) is 0 Å². The number of carbonyl (C=O) groups is 1. The van der Waals surface area contributed by atoms with Crippen molar-refractivity contribution >= 4 is 17.2 Å². The summed E-state index contributed by atoms with van der Waals surface area (Å²) in [4.78, 5) is 16.3. The van der Waals surface area contributed by atoms with Gasteiger partial charge in [-0.25, -0.2) is 0 Å². The van der Waals surface area contributed by atoms with Crippen LogP contribution in [0, 0.1) is 0 Å². The van der Waals surface area contributed by atoms with Crippen molar-refractivity contribution in [1.29, 1.82) is 0 Å². The maximum absolute atomic E-state index is 12.8. The van der Waals surface area contributed by atoms with Crippen LogP contribution in [-0.2, 0) is 11.2 Å². The number of nitrogens with zero attached hydrogens (tertiary/aromatic N) is 1. The molecule has 0 fully saturated rings. The lowest BCUT2D eigenvalue weighted by atomic mass is 9.93. The highest BCUT2D eigenvalue weighted by molar-refractivity contribution is 7.10. The van der Waals surface area contributed by atoms with Crippen LogP contribution in [0.5, 0.6) is 0 Å². The van der Waals surface area contributed by atoms with Crippen LogP contribution in [0.25, 0.3) is 0 Å². The molecule has 2 atom stereocenters. The molecular weight excluding hydrogens is 304 g/mol. The van der Waals surface area contributed by atoms with E-state index in [2.05, 4.69) is 54.9 Å². The molecule has 23 heavy (non-hydrogen) atoms. The number of hydrogen-bond donors (Lipinski definition) is 1. The van der Waals surface area contributed by atoms with E-state index in [1.165, 1.54) is 16.0 Å². The molecule has 0 spiro atoms. The molecule has 3 rings (SSSR count). The van der Waals surface area contributed by atoms with E-state index in [0.717, 1.165) is 19.4 Å². The van der Waals surface area contributed by atoms with E-state index in [4.69, 9.17) is 0 Å². The summed E-state index contributed by atoms with van der Waals surface area (Å²) >= 11 is 1.81. The standard InChI is InChI=1S/C19H24N2OS/c1-3-14(2)20-13-18(22)21-11-9-17-16(10-12-23-17)19(21)15-7-5-4-6-8-15/h4-8,10,12,14,19-20H,3,9,11,13H2,1-2H3/t14-,19-/m0/s1. The maximum Gasteiger partial charge on any atom is 0.237 e. The van der Waals surface area contributed by atoms with Crippen molar-refractivity contribution in [2.24, 2.45) is 0 Å². The first kappa shape index (κ1) is 16.2. The van der Waals surface area contributed by atoms with Crippen LogP contribution < -0.4 is 5.32 Å². The second-order valence-electron chi connectivity index (χ2n) is 6.14. The highest BCUT2D eigenvalue weighted by Crippen LogP contribution is 2.37. The van der Waals surface area contributed by atoms with E-state index in [1.807, 2.05) is 11.0 Å². The third-order valence-corrected chi connectivity index (χ3v) is 5.61. The predicted octanol–water partition coefficient (Wildman–Crippen LogP) is 3.61. The molecule has 0 unspecified atom stereocenters. The largest absolute Gasteiger partial charge is 0.330 e. The Morgan fingerprint density at radius 1 is 1.35 bits per heavy atom. The van der Waals surface area contributed by atoms with Gasteiger partial charge in [-0.1, -0.05) is 37.3 Å². The molecular formula is C19H24N2OS. The summed E-state index contributed by atoms with van der Waals surface area (Å²) in [6.07, 6.45) is 2.00. The van der Waals surface area contributed by atoms with E-state index < -0.39 is 0 Å². The first-order valence-corrected chi connectivity index (χ1v) is 9.22. The topological polar surface area (TPSA) is 32.3 Å². The van der Waals surface area contributed by atoms with Crippen LogP contribution in [0.15, 0.2) is 41.8 Å². The molecule has 1 aliphatic heterocycles. The Kier molecular flexibility index (Phi) is 5.13. The number of thiophene rings is 1. The van der Waals surface area contributed by atoms with Crippen molar-refractivity contribution < 1.29 is 4.79 Å². The van der Waals surface area contributed by atoms with Gasteiger partial charge in [-0.3, -0.25) is 4.79 Å². The molecule has 1 aromatic carbocycles. The predicted molar refractivity (Wildman–Crippen MR) is 95.8 cm³/mol. The molecule has 1 amide bonds. The highest BCUT2D eigenvalue weighted by atomic mass is 32.1. The van der Waals surface area contributed by atoms with Crippen LogP contribution >= 0.6 is 11.3 Å². The number of benzene rings is 1. The summed E-state index contributed by atoms with van der Waals surface area (Å²) in [5, 5.41) is 5.48. The molecule has 1 aromatic heterocycles. The number of hydrogen-bond acceptors (Lipinski definition) is 3. The number of rotatable bonds is 5. The van der Waals surface area contributed by atoms with Gasteiger partial charge >= 0.3 is 0 Å². The third-order valence-electron chi connectivity index (χ3n) is 4.62. The van der Waals surface area contributed by atoms with Crippen molar-refractivity contribution in [3.8, 4) is 0 Å². The van der Waals surface area contributed by atoms with E-state index in [0.29, 0.717) is 12.6 Å². The average Bonchev–Trinajstić information content (AvgIpc) is 3.07. The van der Waals surface area contributed by atoms with Crippen LogP contribution in [0.1, 0.15) is 42.3 Å². The van der Waals surface area contributed by atoms with E-state index >= 15 is 0 Å². The summed E-state index contributed by atoms with van der Waals surface area (Å²) < 4.78 is 0. The van der Waals surface area contributed by atoms with E-state index in [9.17, 15) is 4.79 Å². The van der Waals surface area contributed by atoms with Crippen molar-refractivity contribution in [2.45, 2.75) is 38.8 Å². The molecule has 0 saturated carbocycles. The van der Waals surface area contributed by atoms with Crippen molar-refractivity contribution in [1.82, 2.24) is 10.2 Å². The summed E-state index contributed by atoms with van der Waals surface area (Å²) in [7, 11) is 0. The molecule has 122 valence electrons. The van der Waals surface area contributed by atoms with Crippen molar-refractivity contribution in [3.63, 3.8) is 0 Å². The molecule has 0 saturated heterocycles. The number of amides is 1. The normalized spacial score (nSPS) is 18.5. The molecule has 0 aliphatic carbocycles. The lowest BCUT2D eigenvalue weighted by Crippen LogP contribution is -2.45. The Bertz CT molecular complexity index is 652. The van der Waals surface area contributed by atoms with Crippen molar-refractivity contribution in [3.05, 3.63) is 57.8 Å². The van der Waals surface area contributed by atoms with Gasteiger partial charge in [0, 0.05) is 17.5 Å². The first-order valence-electron chi connectivity index (χ1n) is 8.34. The minimum absolute atomic E-state index is 0.0532. The second kappa shape index (κ2) is 7.28. The summed E-state index contributed by atoms with van der Waals surface area (Å²) in [5.74, 6) is 0.191. The fraction of sp³-hybridized carbons (Fsp3) is 0.421. The quantitative estimate of drug-likeness (QED) is 0.909. The van der Waals surface area contributed by atoms with Crippen molar-refractivity contribution in [2.75, 3.05) is 13.1 Å². The summed E-state index contributed by atoms with van der Waals surface area (Å²) in [5.41, 5.74) is 2.49. The number of nitrogens with one attached hydrogen (secondary N) is 1. The molecule has 1 aliphatic rings. The SMILES string of the molecule is CC[C@H](C)NCC(=O)N1CCc2sccc2[C@@H]1c1ccccc1. The van der Waals surface area contributed by atoms with Crippen LogP contribution in [0.2, 0.25) is 0 Å². The zero-order valence-corrected chi connectivity index (χ0v) is 14.6. The lowest BCUT2D eigenvalue weighted by Gasteiger charge is -2.36. The smallest absolute Gasteiger partial charge is 0.237 e. The molecule has 3 nitrogen and oxygen atoms in total. The number of fused-ring (bicyclic) bond motifs is 1. The molecule has 0 bridgehead atoms. The Morgan fingerprint density at radius 3 is 2.87 bits per heavy atom. The highest BCUT2D eigenvalue weighted by Gasteiger charge is 2.32. The molecule has 1 N–H and O–H groups in total. The Hall–Kier alpha value is -1.65. The summed E-state index contributed by atoms with van der Waals surface area (Å²) in [6, 6.07) is 13.0. The van der Waals surface area contributed by atoms with E-state index in [-0.39, 0.29) is 11.9 Å². The number of carbonyl (C=O) groups excluding carboxylic acids is 1. The van der Waals surface area contributed by atoms with Gasteiger partial charge in [-0.2, -0.15) is 0 Å². The Balaban J connectivity index is 1.85. The molecule has 0 radical (unpaired) electrons. The van der Waals surface area contributed by atoms with Gasteiger partial charge in [0.15, 0.2) is 0 Å². The second-order valence-corrected chi connectivity index (χ2v) is 7.14. The van der Waals surface area contributed by atoms with Gasteiger partial charge in [0.05, 0.1) is 12.6 Å². The van der Waals surface area contributed by atoms with Gasteiger partial charge in [0.2, 0.25) is 5.91 Å². The lowest BCUT2D eigenvalue weighted by molar-refractivity contribution is -0.132. The molecule has 4 heteroatoms. The summed E-state index contributed by atoms with van der Waals surface area (Å²) in [6.45, 7) is 5.47. The van der Waals surface area contributed by atoms with Crippen LogP contribution in [-0.4, -0.2) is 29.9 Å². The van der Waals surface area contributed by atoms with Gasteiger partial charge < -0.3 is 10.2 Å². The van der Waals surface area contributed by atoms with Gasteiger partial charge in [0.25, 0.3) is 0 Å². The van der Waals surface area contributed by atoms with Crippen LogP contribution in [0.3, 0.4) is 0 Å². The average molecular weight is 328 g/mol.